The zero-order chi connectivity index (χ0) is 21.8. The molecule has 1 saturated heterocycles. The summed E-state index contributed by atoms with van der Waals surface area (Å²) in [7, 11) is 0. The highest BCUT2D eigenvalue weighted by molar-refractivity contribution is 6.10. The first kappa shape index (κ1) is 19.3. The van der Waals surface area contributed by atoms with Crippen LogP contribution < -0.4 is 20.1 Å². The SMILES string of the molecule is O=C(CN1C(=O)N[C@@]2(CCCc3ccccc32)C1=O)Nc1ccc2c(c1)OC(F)(F)O2. The number of nitrogens with zero attached hydrogens (tertiary/aromatic N) is 1. The average Bonchev–Trinajstić information content (AvgIpc) is 3.15. The van der Waals surface area contributed by atoms with E-state index < -0.39 is 36.2 Å². The van der Waals surface area contributed by atoms with E-state index in [1.54, 1.807) is 0 Å². The highest BCUT2D eigenvalue weighted by atomic mass is 19.3. The van der Waals surface area contributed by atoms with Crippen LogP contribution in [0, 0.1) is 0 Å². The Hall–Kier alpha value is -3.69. The van der Waals surface area contributed by atoms with Crippen molar-refractivity contribution in [3.63, 3.8) is 0 Å². The van der Waals surface area contributed by atoms with Gasteiger partial charge in [-0.2, -0.15) is 0 Å². The second-order valence-electron chi connectivity index (χ2n) is 7.61. The van der Waals surface area contributed by atoms with Crippen molar-refractivity contribution < 1.29 is 32.6 Å². The number of hydrogen-bond donors (Lipinski definition) is 2. The number of rotatable bonds is 3. The lowest BCUT2D eigenvalue weighted by Gasteiger charge is -2.33. The molecular formula is C21H17F2N3O5. The Bertz CT molecular complexity index is 1120. The quantitative estimate of drug-likeness (QED) is 0.732. The smallest absolute Gasteiger partial charge is 0.395 e. The minimum Gasteiger partial charge on any atom is -0.395 e. The molecule has 5 rings (SSSR count). The van der Waals surface area contributed by atoms with Gasteiger partial charge in [-0.1, -0.05) is 24.3 Å². The predicted octanol–water partition coefficient (Wildman–Crippen LogP) is 2.73. The average molecular weight is 429 g/mol. The van der Waals surface area contributed by atoms with Crippen LogP contribution in [0.15, 0.2) is 42.5 Å². The number of amides is 4. The fourth-order valence-corrected chi connectivity index (χ4v) is 4.33. The summed E-state index contributed by atoms with van der Waals surface area (Å²) in [5.41, 5.74) is 0.733. The Morgan fingerprint density at radius 2 is 1.90 bits per heavy atom. The van der Waals surface area contributed by atoms with Gasteiger partial charge in [0.1, 0.15) is 12.1 Å². The number of alkyl halides is 2. The van der Waals surface area contributed by atoms with Crippen LogP contribution in [0.5, 0.6) is 11.5 Å². The van der Waals surface area contributed by atoms with Crippen LogP contribution in [-0.4, -0.2) is 35.6 Å². The predicted molar refractivity (Wildman–Crippen MR) is 103 cm³/mol. The Morgan fingerprint density at radius 3 is 2.74 bits per heavy atom. The third-order valence-corrected chi connectivity index (χ3v) is 5.64. The van der Waals surface area contributed by atoms with E-state index >= 15 is 0 Å². The fourth-order valence-electron chi connectivity index (χ4n) is 4.33. The number of aryl methyl sites for hydroxylation is 1. The largest absolute Gasteiger partial charge is 0.586 e. The van der Waals surface area contributed by atoms with Crippen molar-refractivity contribution in [3.05, 3.63) is 53.6 Å². The molecule has 4 amide bonds. The van der Waals surface area contributed by atoms with Gasteiger partial charge in [-0.05, 0) is 42.5 Å². The summed E-state index contributed by atoms with van der Waals surface area (Å²) in [6.07, 6.45) is -1.78. The normalized spacial score (nSPS) is 23.0. The number of ether oxygens (including phenoxy) is 2. The summed E-state index contributed by atoms with van der Waals surface area (Å²) in [6.45, 7) is -0.515. The van der Waals surface area contributed by atoms with Crippen molar-refractivity contribution in [1.29, 1.82) is 0 Å². The van der Waals surface area contributed by atoms with Crippen LogP contribution in [0.3, 0.4) is 0 Å². The molecule has 0 saturated carbocycles. The minimum atomic E-state index is -3.77. The monoisotopic (exact) mass is 429 g/mol. The summed E-state index contributed by atoms with van der Waals surface area (Å²) >= 11 is 0. The molecule has 0 aromatic heterocycles. The standard InChI is InChI=1S/C21H17F2N3O5/c22-21(23)30-15-8-7-13(10-16(15)31-21)24-17(27)11-26-18(28)20(25-19(26)29)9-3-5-12-4-1-2-6-14(12)20/h1-2,4,6-8,10H,3,5,9,11H2,(H,24,27)(H,25,29)/t20-/m1/s1. The highest BCUT2D eigenvalue weighted by Gasteiger charge is 2.54. The molecule has 0 unspecified atom stereocenters. The molecule has 1 fully saturated rings. The van der Waals surface area contributed by atoms with E-state index in [1.807, 2.05) is 24.3 Å². The molecule has 1 aliphatic carbocycles. The van der Waals surface area contributed by atoms with E-state index in [-0.39, 0.29) is 17.2 Å². The van der Waals surface area contributed by atoms with Crippen LogP contribution in [0.2, 0.25) is 0 Å². The Morgan fingerprint density at radius 1 is 1.13 bits per heavy atom. The van der Waals surface area contributed by atoms with Crippen molar-refractivity contribution in [2.45, 2.75) is 31.1 Å². The van der Waals surface area contributed by atoms with Gasteiger partial charge in [-0.15, -0.1) is 8.78 Å². The van der Waals surface area contributed by atoms with Crippen LogP contribution in [0.4, 0.5) is 19.3 Å². The zero-order valence-corrected chi connectivity index (χ0v) is 16.1. The molecule has 31 heavy (non-hydrogen) atoms. The van der Waals surface area contributed by atoms with E-state index in [9.17, 15) is 23.2 Å². The molecule has 0 bridgehead atoms. The number of nitrogens with one attached hydrogen (secondary N) is 2. The van der Waals surface area contributed by atoms with Gasteiger partial charge in [-0.3, -0.25) is 14.5 Å². The van der Waals surface area contributed by atoms with Crippen molar-refractivity contribution in [3.8, 4) is 11.5 Å². The number of carbonyl (C=O) groups excluding carboxylic acids is 3. The van der Waals surface area contributed by atoms with Crippen molar-refractivity contribution in [2.75, 3.05) is 11.9 Å². The second kappa shape index (κ2) is 6.66. The van der Waals surface area contributed by atoms with Crippen molar-refractivity contribution in [2.24, 2.45) is 0 Å². The molecule has 0 radical (unpaired) electrons. The van der Waals surface area contributed by atoms with Crippen LogP contribution >= 0.6 is 0 Å². The lowest BCUT2D eigenvalue weighted by Crippen LogP contribution is -2.47. The van der Waals surface area contributed by atoms with Gasteiger partial charge in [0.25, 0.3) is 5.91 Å². The molecule has 160 valence electrons. The number of fused-ring (bicyclic) bond motifs is 3. The molecule has 3 aliphatic rings. The van der Waals surface area contributed by atoms with E-state index in [1.165, 1.54) is 18.2 Å². The maximum atomic E-state index is 13.2. The van der Waals surface area contributed by atoms with E-state index in [0.29, 0.717) is 6.42 Å². The third kappa shape index (κ3) is 3.15. The molecule has 1 spiro atoms. The van der Waals surface area contributed by atoms with E-state index in [0.717, 1.165) is 28.9 Å². The number of carbonyl (C=O) groups is 3. The van der Waals surface area contributed by atoms with Gasteiger partial charge in [0.2, 0.25) is 5.91 Å². The Kier molecular flexibility index (Phi) is 4.14. The summed E-state index contributed by atoms with van der Waals surface area (Å²) in [6, 6.07) is 10.5. The zero-order valence-electron chi connectivity index (χ0n) is 16.1. The molecule has 10 heteroatoms. The maximum Gasteiger partial charge on any atom is 0.586 e. The maximum absolute atomic E-state index is 13.2. The summed E-state index contributed by atoms with van der Waals surface area (Å²) in [4.78, 5) is 39.2. The summed E-state index contributed by atoms with van der Waals surface area (Å²) < 4.78 is 35.0. The van der Waals surface area contributed by atoms with Crippen LogP contribution in [0.25, 0.3) is 0 Å². The Balaban J connectivity index is 1.32. The van der Waals surface area contributed by atoms with Crippen LogP contribution in [-0.2, 0) is 21.5 Å². The molecule has 2 aliphatic heterocycles. The minimum absolute atomic E-state index is 0.157. The molecule has 2 aromatic carbocycles. The molecule has 2 heterocycles. The second-order valence-corrected chi connectivity index (χ2v) is 7.61. The first-order valence-electron chi connectivity index (χ1n) is 9.70. The van der Waals surface area contributed by atoms with Gasteiger partial charge in [0, 0.05) is 11.8 Å². The number of anilines is 1. The number of urea groups is 1. The van der Waals surface area contributed by atoms with Crippen molar-refractivity contribution in [1.82, 2.24) is 10.2 Å². The van der Waals surface area contributed by atoms with Crippen molar-refractivity contribution >= 4 is 23.5 Å². The summed E-state index contributed by atoms with van der Waals surface area (Å²) in [5, 5.41) is 5.26. The van der Waals surface area contributed by atoms with Gasteiger partial charge in [0.05, 0.1) is 0 Å². The van der Waals surface area contributed by atoms with Gasteiger partial charge < -0.3 is 20.1 Å². The third-order valence-electron chi connectivity index (χ3n) is 5.64. The molecule has 1 atom stereocenters. The lowest BCUT2D eigenvalue weighted by atomic mass is 9.76. The first-order valence-corrected chi connectivity index (χ1v) is 9.70. The number of halogens is 2. The lowest BCUT2D eigenvalue weighted by molar-refractivity contribution is -0.286. The summed E-state index contributed by atoms with van der Waals surface area (Å²) in [5.74, 6) is -1.52. The highest BCUT2D eigenvalue weighted by Crippen LogP contribution is 2.42. The molecule has 8 nitrogen and oxygen atoms in total. The molecular weight excluding hydrogens is 412 g/mol. The number of imide groups is 1. The molecule has 2 aromatic rings. The van der Waals surface area contributed by atoms with E-state index in [4.69, 9.17) is 0 Å². The topological polar surface area (TPSA) is 97.0 Å². The first-order chi connectivity index (χ1) is 14.8. The van der Waals surface area contributed by atoms with Gasteiger partial charge in [-0.25, -0.2) is 4.79 Å². The number of benzene rings is 2. The number of hydrogen-bond acceptors (Lipinski definition) is 5. The van der Waals surface area contributed by atoms with Gasteiger partial charge >= 0.3 is 12.3 Å². The van der Waals surface area contributed by atoms with Gasteiger partial charge in [0.15, 0.2) is 11.5 Å². The molecule has 2 N–H and O–H groups in total. The van der Waals surface area contributed by atoms with Crippen LogP contribution in [0.1, 0.15) is 24.0 Å². The van der Waals surface area contributed by atoms with E-state index in [2.05, 4.69) is 20.1 Å². The Labute approximate surface area is 175 Å². The fraction of sp³-hybridized carbons (Fsp3) is 0.286.